The minimum Gasteiger partial charge on any atom is -0.486 e. The van der Waals surface area contributed by atoms with E-state index in [1.165, 1.54) is 24.3 Å². The second kappa shape index (κ2) is 6.47. The molecule has 0 atom stereocenters. The molecule has 0 saturated heterocycles. The third-order valence-corrected chi connectivity index (χ3v) is 5.34. The van der Waals surface area contributed by atoms with Gasteiger partial charge in [0.25, 0.3) is 10.0 Å². The molecule has 4 rings (SSSR count). The van der Waals surface area contributed by atoms with Crippen molar-refractivity contribution in [3.63, 3.8) is 0 Å². The molecule has 0 radical (unpaired) electrons. The average molecular weight is 389 g/mol. The minimum absolute atomic E-state index is 0.0624. The number of nitrogens with one attached hydrogen (secondary N) is 3. The van der Waals surface area contributed by atoms with Crippen LogP contribution < -0.4 is 24.8 Å². The molecule has 10 heteroatoms. The number of hydrogen-bond acceptors (Lipinski definition) is 6. The summed E-state index contributed by atoms with van der Waals surface area (Å²) in [7, 11) is -3.93. The number of carbonyl (C=O) groups is 2. The first-order chi connectivity index (χ1) is 12.9. The van der Waals surface area contributed by atoms with Gasteiger partial charge in [-0.15, -0.1) is 0 Å². The highest BCUT2D eigenvalue weighted by atomic mass is 32.2. The summed E-state index contributed by atoms with van der Waals surface area (Å²) in [5, 5.41) is 5.07. The smallest absolute Gasteiger partial charge is 0.261 e. The predicted octanol–water partition coefficient (Wildman–Crippen LogP) is 1.54. The average Bonchev–Trinajstić information content (AvgIpc) is 2.76. The first-order valence-electron chi connectivity index (χ1n) is 8.07. The Hall–Kier alpha value is -3.27. The molecule has 0 fully saturated rings. The predicted molar refractivity (Wildman–Crippen MR) is 96.6 cm³/mol. The minimum atomic E-state index is -3.93. The van der Waals surface area contributed by atoms with Crippen molar-refractivity contribution in [1.82, 2.24) is 0 Å². The maximum atomic E-state index is 12.7. The molecule has 2 aromatic carbocycles. The number of ether oxygens (including phenoxy) is 2. The Morgan fingerprint density at radius 1 is 0.852 bits per heavy atom. The SMILES string of the molecule is O=C1CC(=O)Nc2cc(S(=O)(=O)Nc3ccc4c(c3)OCCO4)ccc2N1. The molecular weight excluding hydrogens is 374 g/mol. The van der Waals surface area contributed by atoms with Crippen LogP contribution >= 0.6 is 0 Å². The van der Waals surface area contributed by atoms with E-state index in [-0.39, 0.29) is 17.0 Å². The lowest BCUT2D eigenvalue weighted by Crippen LogP contribution is -2.17. The van der Waals surface area contributed by atoms with Crippen LogP contribution in [0.3, 0.4) is 0 Å². The van der Waals surface area contributed by atoms with Crippen molar-refractivity contribution in [3.8, 4) is 11.5 Å². The number of benzene rings is 2. The van der Waals surface area contributed by atoms with E-state index in [9.17, 15) is 18.0 Å². The third kappa shape index (κ3) is 3.51. The van der Waals surface area contributed by atoms with Gasteiger partial charge >= 0.3 is 0 Å². The number of anilines is 3. The zero-order chi connectivity index (χ0) is 19.0. The van der Waals surface area contributed by atoms with Crippen LogP contribution in [0.2, 0.25) is 0 Å². The molecule has 9 nitrogen and oxygen atoms in total. The largest absolute Gasteiger partial charge is 0.486 e. The van der Waals surface area contributed by atoms with E-state index in [0.717, 1.165) is 0 Å². The third-order valence-electron chi connectivity index (χ3n) is 3.97. The molecule has 0 aromatic heterocycles. The number of hydrogen-bond donors (Lipinski definition) is 3. The number of carbonyl (C=O) groups excluding carboxylic acids is 2. The molecule has 27 heavy (non-hydrogen) atoms. The number of rotatable bonds is 3. The van der Waals surface area contributed by atoms with E-state index >= 15 is 0 Å². The van der Waals surface area contributed by atoms with Crippen molar-refractivity contribution in [2.75, 3.05) is 28.6 Å². The van der Waals surface area contributed by atoms with Gasteiger partial charge in [-0.2, -0.15) is 0 Å². The van der Waals surface area contributed by atoms with Gasteiger partial charge in [0.05, 0.1) is 22.0 Å². The van der Waals surface area contributed by atoms with E-state index in [1.54, 1.807) is 12.1 Å². The summed E-state index contributed by atoms with van der Waals surface area (Å²) in [6.45, 7) is 0.828. The molecule has 2 aliphatic heterocycles. The van der Waals surface area contributed by atoms with Gasteiger partial charge in [0.15, 0.2) is 11.5 Å². The molecule has 0 bridgehead atoms. The quantitative estimate of drug-likeness (QED) is 0.685. The summed E-state index contributed by atoms with van der Waals surface area (Å²) >= 11 is 0. The normalized spacial score (nSPS) is 15.9. The van der Waals surface area contributed by atoms with Crippen LogP contribution in [0.15, 0.2) is 41.3 Å². The molecule has 3 N–H and O–H groups in total. The molecule has 0 unspecified atom stereocenters. The molecule has 0 saturated carbocycles. The lowest BCUT2D eigenvalue weighted by atomic mass is 10.2. The molecule has 2 heterocycles. The molecule has 2 aromatic rings. The molecule has 0 aliphatic carbocycles. The van der Waals surface area contributed by atoms with Crippen LogP contribution in [-0.2, 0) is 19.6 Å². The second-order valence-electron chi connectivity index (χ2n) is 5.94. The number of amides is 2. The Kier molecular flexibility index (Phi) is 4.11. The van der Waals surface area contributed by atoms with Gasteiger partial charge in [-0.3, -0.25) is 14.3 Å². The summed E-state index contributed by atoms with van der Waals surface area (Å²) in [5.74, 6) is 0.0305. The number of sulfonamides is 1. The Balaban J connectivity index is 1.63. The van der Waals surface area contributed by atoms with E-state index < -0.39 is 21.8 Å². The lowest BCUT2D eigenvalue weighted by Gasteiger charge is -2.19. The summed E-state index contributed by atoms with van der Waals surface area (Å²) < 4.78 is 38.7. The highest BCUT2D eigenvalue weighted by molar-refractivity contribution is 7.92. The Morgan fingerprint density at radius 3 is 2.33 bits per heavy atom. The van der Waals surface area contributed by atoms with Crippen LogP contribution in [0.5, 0.6) is 11.5 Å². The van der Waals surface area contributed by atoms with Gasteiger partial charge in [-0.1, -0.05) is 0 Å². The van der Waals surface area contributed by atoms with Crippen LogP contribution in [0.25, 0.3) is 0 Å². The van der Waals surface area contributed by atoms with Gasteiger partial charge < -0.3 is 20.1 Å². The van der Waals surface area contributed by atoms with E-state index in [2.05, 4.69) is 15.4 Å². The first-order valence-corrected chi connectivity index (χ1v) is 9.55. The fourth-order valence-corrected chi connectivity index (χ4v) is 3.83. The van der Waals surface area contributed by atoms with Crippen molar-refractivity contribution in [2.24, 2.45) is 0 Å². The summed E-state index contributed by atoms with van der Waals surface area (Å²) in [6, 6.07) is 8.79. The monoisotopic (exact) mass is 389 g/mol. The van der Waals surface area contributed by atoms with E-state index in [1.807, 2.05) is 0 Å². The Bertz CT molecular complexity index is 1050. The first kappa shape index (κ1) is 17.2. The van der Waals surface area contributed by atoms with Crippen molar-refractivity contribution in [1.29, 1.82) is 0 Å². The standard InChI is InChI=1S/C17H15N3O6S/c21-16-9-17(22)19-13-8-11(2-3-12(13)18-16)27(23,24)20-10-1-4-14-15(7-10)26-6-5-25-14/h1-4,7-8,20H,5-6,9H2,(H,18,21)(H,19,22). The van der Waals surface area contributed by atoms with Gasteiger partial charge in [0.1, 0.15) is 19.6 Å². The molecule has 140 valence electrons. The van der Waals surface area contributed by atoms with Crippen LogP contribution in [0, 0.1) is 0 Å². The van der Waals surface area contributed by atoms with Crippen molar-refractivity contribution < 1.29 is 27.5 Å². The zero-order valence-corrected chi connectivity index (χ0v) is 14.8. The van der Waals surface area contributed by atoms with E-state index in [0.29, 0.717) is 36.1 Å². The van der Waals surface area contributed by atoms with E-state index in [4.69, 9.17) is 9.47 Å². The topological polar surface area (TPSA) is 123 Å². The van der Waals surface area contributed by atoms with Gasteiger partial charge in [0, 0.05) is 6.07 Å². The summed E-state index contributed by atoms with van der Waals surface area (Å²) in [4.78, 5) is 23.2. The second-order valence-corrected chi connectivity index (χ2v) is 7.63. The Morgan fingerprint density at radius 2 is 1.56 bits per heavy atom. The molecular formula is C17H15N3O6S. The molecule has 2 aliphatic rings. The van der Waals surface area contributed by atoms with Gasteiger partial charge in [-0.05, 0) is 30.3 Å². The van der Waals surface area contributed by atoms with Gasteiger partial charge in [0.2, 0.25) is 11.8 Å². The Labute approximate surface area is 154 Å². The lowest BCUT2D eigenvalue weighted by molar-refractivity contribution is -0.123. The molecule has 2 amide bonds. The zero-order valence-electron chi connectivity index (χ0n) is 13.9. The van der Waals surface area contributed by atoms with Gasteiger partial charge in [-0.25, -0.2) is 8.42 Å². The number of fused-ring (bicyclic) bond motifs is 2. The highest BCUT2D eigenvalue weighted by Gasteiger charge is 2.22. The fourth-order valence-electron chi connectivity index (χ4n) is 2.76. The summed E-state index contributed by atoms with van der Waals surface area (Å²) in [6.07, 6.45) is -0.327. The molecule has 0 spiro atoms. The van der Waals surface area contributed by atoms with Crippen LogP contribution in [0.1, 0.15) is 6.42 Å². The van der Waals surface area contributed by atoms with Crippen molar-refractivity contribution >= 4 is 38.9 Å². The highest BCUT2D eigenvalue weighted by Crippen LogP contribution is 2.34. The maximum absolute atomic E-state index is 12.7. The maximum Gasteiger partial charge on any atom is 0.261 e. The van der Waals surface area contributed by atoms with Crippen molar-refractivity contribution in [2.45, 2.75) is 11.3 Å². The van der Waals surface area contributed by atoms with Crippen molar-refractivity contribution in [3.05, 3.63) is 36.4 Å². The van der Waals surface area contributed by atoms with Crippen LogP contribution in [0.4, 0.5) is 17.1 Å². The summed E-state index contributed by atoms with van der Waals surface area (Å²) in [5.41, 5.74) is 0.867. The van der Waals surface area contributed by atoms with Crippen LogP contribution in [-0.4, -0.2) is 33.4 Å². The fraction of sp³-hybridized carbons (Fsp3) is 0.176.